The van der Waals surface area contributed by atoms with Crippen molar-refractivity contribution in [3.8, 4) is 5.75 Å². The summed E-state index contributed by atoms with van der Waals surface area (Å²) in [5.74, 6) is -4.51. The van der Waals surface area contributed by atoms with Gasteiger partial charge in [0.1, 0.15) is 12.6 Å². The van der Waals surface area contributed by atoms with E-state index in [2.05, 4.69) is 26.0 Å². The highest BCUT2D eigenvalue weighted by Gasteiger charge is 2.39. The number of ether oxygens (including phenoxy) is 1. The van der Waals surface area contributed by atoms with Crippen molar-refractivity contribution < 1.29 is 36.7 Å². The molecule has 14 heteroatoms. The molecule has 0 unspecified atom stereocenters. The van der Waals surface area contributed by atoms with Gasteiger partial charge in [-0.1, -0.05) is 22.0 Å². The molecule has 36 heavy (non-hydrogen) atoms. The number of hydrogen-bond acceptors (Lipinski definition) is 5. The first-order valence-electron chi connectivity index (χ1n) is 10.4. The van der Waals surface area contributed by atoms with Crippen molar-refractivity contribution in [2.75, 3.05) is 11.9 Å². The van der Waals surface area contributed by atoms with Gasteiger partial charge in [0.05, 0.1) is 16.7 Å². The van der Waals surface area contributed by atoms with Crippen LogP contribution < -0.4 is 15.7 Å². The van der Waals surface area contributed by atoms with Crippen LogP contribution in [-0.4, -0.2) is 50.7 Å². The van der Waals surface area contributed by atoms with E-state index in [1.54, 1.807) is 18.2 Å². The Labute approximate surface area is 208 Å². The first kappa shape index (κ1) is 25.4. The van der Waals surface area contributed by atoms with E-state index in [1.165, 1.54) is 6.92 Å². The molecule has 0 radical (unpaired) electrons. The largest absolute Gasteiger partial charge is 0.573 e. The number of rotatable bonds is 5. The van der Waals surface area contributed by atoms with E-state index in [4.69, 9.17) is 0 Å². The Bertz CT molecular complexity index is 1450. The van der Waals surface area contributed by atoms with Crippen molar-refractivity contribution >= 4 is 50.4 Å². The van der Waals surface area contributed by atoms with Gasteiger partial charge in [-0.15, -0.1) is 13.2 Å². The monoisotopic (exact) mass is 572 g/mol. The zero-order chi connectivity index (χ0) is 26.4. The number of alkyl halides is 3. The van der Waals surface area contributed by atoms with Gasteiger partial charge in [-0.05, 0) is 36.8 Å². The molecule has 1 aliphatic rings. The smallest absolute Gasteiger partial charge is 0.403 e. The second-order valence-corrected chi connectivity index (χ2v) is 8.82. The molecule has 3 aromatic rings. The van der Waals surface area contributed by atoms with Crippen molar-refractivity contribution in [3.63, 3.8) is 0 Å². The number of nitrogens with one attached hydrogen (secondary N) is 1. The second-order valence-electron chi connectivity index (χ2n) is 7.90. The van der Waals surface area contributed by atoms with E-state index in [-0.39, 0.29) is 13.0 Å². The third-order valence-corrected chi connectivity index (χ3v) is 6.08. The Kier molecular flexibility index (Phi) is 6.64. The fraction of sp³-hybridized carbons (Fsp3) is 0.273. The molecule has 4 rings (SSSR count). The fourth-order valence-corrected chi connectivity index (χ4v) is 4.25. The molecular weight excluding hydrogens is 556 g/mol. The average Bonchev–Trinajstić information content (AvgIpc) is 2.99. The third-order valence-electron chi connectivity index (χ3n) is 5.59. The Hall–Kier alpha value is -3.68. The summed E-state index contributed by atoms with van der Waals surface area (Å²) < 4.78 is 58.0. The van der Waals surface area contributed by atoms with E-state index in [0.717, 1.165) is 32.2 Å². The Morgan fingerprint density at radius 1 is 1.17 bits per heavy atom. The standard InChI is InChI=1S/C22H17BrF4N4O5/c1-11(32)31-16-9-12(23)5-6-14(16)30(21(31)35)10-18(33)29-8-7-15(29)20(34)28-13-3-2-4-17(19(13)24)36-22(25,26)27/h2-6,9,15H,7-8,10H2,1H3,(H,28,34)/t15-/m0/s1. The highest BCUT2D eigenvalue weighted by atomic mass is 79.9. The number of imidazole rings is 1. The number of carbonyl (C=O) groups excluding carboxylic acids is 3. The van der Waals surface area contributed by atoms with Gasteiger partial charge in [-0.3, -0.25) is 19.0 Å². The maximum absolute atomic E-state index is 14.4. The third kappa shape index (κ3) is 4.85. The van der Waals surface area contributed by atoms with Crippen molar-refractivity contribution in [2.45, 2.75) is 32.3 Å². The molecule has 1 aromatic heterocycles. The molecule has 0 saturated carbocycles. The molecular formula is C22H17BrF4N4O5. The number of carbonyl (C=O) groups is 3. The van der Waals surface area contributed by atoms with E-state index in [9.17, 15) is 36.7 Å². The maximum atomic E-state index is 14.4. The Balaban J connectivity index is 1.52. The zero-order valence-electron chi connectivity index (χ0n) is 18.4. The van der Waals surface area contributed by atoms with Crippen LogP contribution >= 0.6 is 15.9 Å². The van der Waals surface area contributed by atoms with Crippen LogP contribution in [0, 0.1) is 5.82 Å². The second kappa shape index (κ2) is 9.41. The predicted octanol–water partition coefficient (Wildman–Crippen LogP) is 3.50. The Morgan fingerprint density at radius 3 is 2.50 bits per heavy atom. The normalized spacial score (nSPS) is 15.5. The average molecular weight is 573 g/mol. The highest BCUT2D eigenvalue weighted by Crippen LogP contribution is 2.30. The molecule has 0 aliphatic carbocycles. The van der Waals surface area contributed by atoms with Gasteiger partial charge in [-0.25, -0.2) is 13.8 Å². The lowest BCUT2D eigenvalue weighted by Crippen LogP contribution is -2.57. The van der Waals surface area contributed by atoms with Gasteiger partial charge in [0.2, 0.25) is 17.7 Å². The van der Waals surface area contributed by atoms with E-state index in [1.807, 2.05) is 0 Å². The number of likely N-dealkylation sites (tertiary alicyclic amines) is 1. The van der Waals surface area contributed by atoms with E-state index in [0.29, 0.717) is 15.5 Å². The van der Waals surface area contributed by atoms with Crippen LogP contribution in [0.5, 0.6) is 5.75 Å². The number of fused-ring (bicyclic) bond motifs is 1. The lowest BCUT2D eigenvalue weighted by atomic mass is 10.0. The number of anilines is 1. The number of nitrogens with zero attached hydrogens (tertiary/aromatic N) is 3. The summed E-state index contributed by atoms with van der Waals surface area (Å²) in [5.41, 5.74) is -0.651. The molecule has 0 bridgehead atoms. The summed E-state index contributed by atoms with van der Waals surface area (Å²) in [5, 5.41) is 2.18. The zero-order valence-corrected chi connectivity index (χ0v) is 20.0. The minimum absolute atomic E-state index is 0.169. The first-order valence-corrected chi connectivity index (χ1v) is 11.2. The van der Waals surface area contributed by atoms with Gasteiger partial charge in [0.15, 0.2) is 11.6 Å². The van der Waals surface area contributed by atoms with Gasteiger partial charge in [0.25, 0.3) is 0 Å². The van der Waals surface area contributed by atoms with Gasteiger partial charge in [0, 0.05) is 17.9 Å². The summed E-state index contributed by atoms with van der Waals surface area (Å²) in [6.07, 6.45) is -4.91. The van der Waals surface area contributed by atoms with Crippen LogP contribution in [-0.2, 0) is 16.1 Å². The van der Waals surface area contributed by atoms with E-state index >= 15 is 0 Å². The van der Waals surface area contributed by atoms with Crippen molar-refractivity contribution in [2.24, 2.45) is 0 Å². The topological polar surface area (TPSA) is 103 Å². The van der Waals surface area contributed by atoms with Crippen LogP contribution in [0.1, 0.15) is 18.1 Å². The summed E-state index contributed by atoms with van der Waals surface area (Å²) >= 11 is 3.27. The predicted molar refractivity (Wildman–Crippen MR) is 122 cm³/mol. The van der Waals surface area contributed by atoms with Crippen LogP contribution in [0.3, 0.4) is 0 Å². The number of aromatic nitrogens is 2. The lowest BCUT2D eigenvalue weighted by Gasteiger charge is -2.39. The van der Waals surface area contributed by atoms with Crippen LogP contribution in [0.4, 0.5) is 23.2 Å². The Morgan fingerprint density at radius 2 is 1.89 bits per heavy atom. The van der Waals surface area contributed by atoms with Crippen molar-refractivity contribution in [1.82, 2.24) is 14.0 Å². The molecule has 1 saturated heterocycles. The van der Waals surface area contributed by atoms with Crippen LogP contribution in [0.2, 0.25) is 0 Å². The first-order chi connectivity index (χ1) is 16.9. The molecule has 0 spiro atoms. The SMILES string of the molecule is CC(=O)n1c(=O)n(CC(=O)N2CC[C@H]2C(=O)Nc2cccc(OC(F)(F)F)c2F)c2ccc(Br)cc21. The van der Waals surface area contributed by atoms with Crippen LogP contribution in [0.15, 0.2) is 45.7 Å². The molecule has 1 atom stereocenters. The minimum Gasteiger partial charge on any atom is -0.403 e. The summed E-state index contributed by atoms with van der Waals surface area (Å²) in [6.45, 7) is 0.907. The molecule has 2 aromatic carbocycles. The van der Waals surface area contributed by atoms with Gasteiger partial charge >= 0.3 is 12.1 Å². The molecule has 190 valence electrons. The maximum Gasteiger partial charge on any atom is 0.573 e. The summed E-state index contributed by atoms with van der Waals surface area (Å²) in [7, 11) is 0. The summed E-state index contributed by atoms with van der Waals surface area (Å²) in [6, 6.07) is 6.60. The van der Waals surface area contributed by atoms with Gasteiger partial charge in [-0.2, -0.15) is 0 Å². The molecule has 1 aliphatic heterocycles. The van der Waals surface area contributed by atoms with Gasteiger partial charge < -0.3 is 15.0 Å². The number of halogens is 5. The van der Waals surface area contributed by atoms with E-state index < -0.39 is 59.6 Å². The molecule has 1 fully saturated rings. The van der Waals surface area contributed by atoms with Crippen LogP contribution in [0.25, 0.3) is 11.0 Å². The highest BCUT2D eigenvalue weighted by molar-refractivity contribution is 9.10. The molecule has 2 amide bonds. The van der Waals surface area contributed by atoms with Crippen molar-refractivity contribution in [3.05, 3.63) is 57.2 Å². The quantitative estimate of drug-likeness (QED) is 0.471. The lowest BCUT2D eigenvalue weighted by molar-refractivity contribution is -0.275. The molecule has 2 heterocycles. The molecule has 9 nitrogen and oxygen atoms in total. The summed E-state index contributed by atoms with van der Waals surface area (Å²) in [4.78, 5) is 51.6. The molecule has 1 N–H and O–H groups in total. The number of benzene rings is 2. The fourth-order valence-electron chi connectivity index (χ4n) is 3.90. The number of hydrogen-bond donors (Lipinski definition) is 1. The van der Waals surface area contributed by atoms with Crippen molar-refractivity contribution in [1.29, 1.82) is 0 Å². The minimum atomic E-state index is -5.12. The number of amides is 2.